The number of hydrogen-bond acceptors (Lipinski definition) is 5. The summed E-state index contributed by atoms with van der Waals surface area (Å²) in [5.74, 6) is -0.374. The van der Waals surface area contributed by atoms with E-state index in [9.17, 15) is 4.79 Å². The van der Waals surface area contributed by atoms with E-state index in [1.54, 1.807) is 10.6 Å². The summed E-state index contributed by atoms with van der Waals surface area (Å²) in [4.78, 5) is 12.1. The molecule has 136 valence electrons. The molecule has 1 aromatic heterocycles. The van der Waals surface area contributed by atoms with Gasteiger partial charge in [-0.1, -0.05) is 13.0 Å². The molecule has 0 saturated carbocycles. The lowest BCUT2D eigenvalue weighted by Crippen LogP contribution is -2.41. The fourth-order valence-electron chi connectivity index (χ4n) is 2.82. The van der Waals surface area contributed by atoms with Crippen molar-refractivity contribution in [3.05, 3.63) is 28.7 Å². The zero-order valence-electron chi connectivity index (χ0n) is 15.6. The van der Waals surface area contributed by atoms with Crippen LogP contribution in [0.15, 0.2) is 27.4 Å². The van der Waals surface area contributed by atoms with Gasteiger partial charge in [0.15, 0.2) is 5.58 Å². The maximum atomic E-state index is 12.1. The van der Waals surface area contributed by atoms with E-state index in [0.717, 1.165) is 17.4 Å². The molecule has 1 aliphatic heterocycles. The van der Waals surface area contributed by atoms with Gasteiger partial charge in [-0.2, -0.15) is 0 Å². The van der Waals surface area contributed by atoms with E-state index in [-0.39, 0.29) is 5.76 Å². The Labute approximate surface area is 148 Å². The fourth-order valence-corrected chi connectivity index (χ4v) is 2.82. The second kappa shape index (κ2) is 6.63. The molecule has 0 bridgehead atoms. The average Bonchev–Trinajstić information content (AvgIpc) is 2.96. The Morgan fingerprint density at radius 2 is 1.80 bits per heavy atom. The predicted octanol–water partition coefficient (Wildman–Crippen LogP) is 2.32. The van der Waals surface area contributed by atoms with Crippen molar-refractivity contribution in [1.29, 1.82) is 0 Å². The third-order valence-electron chi connectivity index (χ3n) is 5.02. The molecule has 0 aliphatic carbocycles. The van der Waals surface area contributed by atoms with Crippen LogP contribution in [0.2, 0.25) is 0 Å². The molecule has 1 aromatic carbocycles. The smallest absolute Gasteiger partial charge is 0.408 e. The Balaban J connectivity index is 1.88. The van der Waals surface area contributed by atoms with Crippen LogP contribution in [-0.2, 0) is 20.6 Å². The van der Waals surface area contributed by atoms with Crippen molar-refractivity contribution in [2.24, 2.45) is 0 Å². The average molecular weight is 347 g/mol. The fraction of sp³-hybridized carbons (Fsp3) is 0.611. The number of nitrogens with zero attached hydrogens (tertiary/aromatic N) is 1. The molecule has 6 nitrogen and oxygen atoms in total. The summed E-state index contributed by atoms with van der Waals surface area (Å²) in [5.41, 5.74) is 1.35. The molecule has 0 unspecified atom stereocenters. The van der Waals surface area contributed by atoms with Gasteiger partial charge in [-0.25, -0.2) is 4.79 Å². The van der Waals surface area contributed by atoms with E-state index in [0.29, 0.717) is 25.3 Å². The van der Waals surface area contributed by atoms with Crippen molar-refractivity contribution < 1.29 is 18.5 Å². The number of hydrogen-bond donors (Lipinski definition) is 0. The van der Waals surface area contributed by atoms with Crippen LogP contribution in [0, 0.1) is 0 Å². The summed E-state index contributed by atoms with van der Waals surface area (Å²) < 4.78 is 24.6. The van der Waals surface area contributed by atoms with Crippen LogP contribution in [0.3, 0.4) is 0 Å². The molecule has 0 spiro atoms. The lowest BCUT2D eigenvalue weighted by Gasteiger charge is -2.32. The first kappa shape index (κ1) is 18.2. The molecule has 3 rings (SSSR count). The van der Waals surface area contributed by atoms with Crippen molar-refractivity contribution in [1.82, 2.24) is 4.57 Å². The van der Waals surface area contributed by atoms with Crippen molar-refractivity contribution in [2.75, 3.05) is 13.2 Å². The highest BCUT2D eigenvalue weighted by atomic mass is 16.7. The maximum Gasteiger partial charge on any atom is 0.494 e. The molecule has 0 radical (unpaired) electrons. The van der Waals surface area contributed by atoms with E-state index in [1.807, 2.05) is 39.8 Å². The molecule has 1 saturated heterocycles. The monoisotopic (exact) mass is 347 g/mol. The highest BCUT2D eigenvalue weighted by Gasteiger charge is 2.51. The van der Waals surface area contributed by atoms with Crippen molar-refractivity contribution in [2.45, 2.75) is 58.8 Å². The van der Waals surface area contributed by atoms with Gasteiger partial charge in [0.25, 0.3) is 0 Å². The van der Waals surface area contributed by atoms with Gasteiger partial charge in [-0.3, -0.25) is 4.57 Å². The van der Waals surface area contributed by atoms with Crippen LogP contribution in [0.5, 0.6) is 0 Å². The number of fused-ring (bicyclic) bond motifs is 1. The molecular formula is C18H26BNO5. The molecule has 7 heteroatoms. The number of benzene rings is 1. The first-order valence-electron chi connectivity index (χ1n) is 8.82. The number of ether oxygens (including phenoxy) is 1. The van der Waals surface area contributed by atoms with E-state index < -0.39 is 18.3 Å². The maximum absolute atomic E-state index is 12.1. The summed E-state index contributed by atoms with van der Waals surface area (Å²) in [6.45, 7) is 11.7. The quantitative estimate of drug-likeness (QED) is 0.593. The molecular weight excluding hydrogens is 321 g/mol. The summed E-state index contributed by atoms with van der Waals surface area (Å²) in [6, 6.07) is 5.58. The molecule has 1 aliphatic rings. The molecule has 0 amide bonds. The minimum atomic E-state index is -0.468. The van der Waals surface area contributed by atoms with Crippen LogP contribution in [-0.4, -0.2) is 36.1 Å². The molecule has 0 N–H and O–H groups in total. The van der Waals surface area contributed by atoms with Crippen molar-refractivity contribution >= 4 is 23.7 Å². The third kappa shape index (κ3) is 3.41. The molecule has 1 fully saturated rings. The van der Waals surface area contributed by atoms with Crippen molar-refractivity contribution in [3.8, 4) is 0 Å². The van der Waals surface area contributed by atoms with Crippen LogP contribution < -0.4 is 11.2 Å². The summed E-state index contributed by atoms with van der Waals surface area (Å²) in [7, 11) is -0.468. The van der Waals surface area contributed by atoms with Crippen LogP contribution in [0.4, 0.5) is 0 Å². The SMILES string of the molecule is CCCOCCn1c(=O)oc2ccc(B3OC(C)(C)C(C)(C)O3)cc21. The normalized spacial score (nSPS) is 19.0. The Kier molecular flexibility index (Phi) is 4.83. The van der Waals surface area contributed by atoms with Crippen LogP contribution in [0.1, 0.15) is 41.0 Å². The second-order valence-corrected chi connectivity index (χ2v) is 7.45. The second-order valence-electron chi connectivity index (χ2n) is 7.45. The van der Waals surface area contributed by atoms with Crippen LogP contribution >= 0.6 is 0 Å². The molecule has 0 atom stereocenters. The molecule has 2 heterocycles. The first-order chi connectivity index (χ1) is 11.7. The van der Waals surface area contributed by atoms with Gasteiger partial charge in [-0.15, -0.1) is 0 Å². The summed E-state index contributed by atoms with van der Waals surface area (Å²) in [5, 5.41) is 0. The number of rotatable bonds is 6. The van der Waals surface area contributed by atoms with Gasteiger partial charge in [0.05, 0.1) is 29.9 Å². The van der Waals surface area contributed by atoms with Gasteiger partial charge >= 0.3 is 12.9 Å². The minimum Gasteiger partial charge on any atom is -0.408 e. The van der Waals surface area contributed by atoms with E-state index >= 15 is 0 Å². The lowest BCUT2D eigenvalue weighted by atomic mass is 9.79. The Morgan fingerprint density at radius 3 is 2.44 bits per heavy atom. The van der Waals surface area contributed by atoms with Crippen LogP contribution in [0.25, 0.3) is 11.1 Å². The summed E-state index contributed by atoms with van der Waals surface area (Å²) in [6.07, 6.45) is 0.951. The van der Waals surface area contributed by atoms with E-state index in [4.69, 9.17) is 18.5 Å². The van der Waals surface area contributed by atoms with Gasteiger partial charge in [0.2, 0.25) is 0 Å². The standard InChI is InChI=1S/C18H26BNO5/c1-6-10-22-11-9-20-14-12-13(7-8-15(14)23-16(20)21)19-24-17(2,3)18(4,5)25-19/h7-8,12H,6,9-11H2,1-5H3. The number of oxazole rings is 1. The largest absolute Gasteiger partial charge is 0.494 e. The van der Waals surface area contributed by atoms with Gasteiger partial charge in [0.1, 0.15) is 0 Å². The van der Waals surface area contributed by atoms with Crippen molar-refractivity contribution in [3.63, 3.8) is 0 Å². The van der Waals surface area contributed by atoms with E-state index in [1.165, 1.54) is 0 Å². The Bertz CT molecular complexity index is 791. The van der Waals surface area contributed by atoms with Gasteiger partial charge < -0.3 is 18.5 Å². The minimum absolute atomic E-state index is 0.374. The first-order valence-corrected chi connectivity index (χ1v) is 8.82. The molecule has 2 aromatic rings. The Morgan fingerprint density at radius 1 is 1.12 bits per heavy atom. The predicted molar refractivity (Wildman–Crippen MR) is 97.3 cm³/mol. The van der Waals surface area contributed by atoms with Gasteiger partial charge in [-0.05, 0) is 51.7 Å². The highest BCUT2D eigenvalue weighted by Crippen LogP contribution is 2.36. The lowest BCUT2D eigenvalue weighted by molar-refractivity contribution is 0.00578. The van der Waals surface area contributed by atoms with E-state index in [2.05, 4.69) is 6.92 Å². The third-order valence-corrected chi connectivity index (χ3v) is 5.02. The topological polar surface area (TPSA) is 62.8 Å². The zero-order valence-corrected chi connectivity index (χ0v) is 15.6. The highest BCUT2D eigenvalue weighted by molar-refractivity contribution is 6.62. The molecule has 25 heavy (non-hydrogen) atoms. The summed E-state index contributed by atoms with van der Waals surface area (Å²) >= 11 is 0. The van der Waals surface area contributed by atoms with Gasteiger partial charge in [0, 0.05) is 6.61 Å². The Hall–Kier alpha value is -1.57. The number of aromatic nitrogens is 1. The zero-order chi connectivity index (χ0) is 18.2.